The number of carbonyl (C=O) groups is 1. The summed E-state index contributed by atoms with van der Waals surface area (Å²) in [7, 11) is 0. The summed E-state index contributed by atoms with van der Waals surface area (Å²) in [5.41, 5.74) is 8.59. The molecule has 0 bridgehead atoms. The second-order valence-corrected chi connectivity index (χ2v) is 6.78. The van der Waals surface area contributed by atoms with Crippen LogP contribution < -0.4 is 16.0 Å². The first-order valence-corrected chi connectivity index (χ1v) is 8.09. The topological polar surface area (TPSA) is 78.6 Å². The Bertz CT molecular complexity index is 568. The van der Waals surface area contributed by atoms with E-state index in [0.29, 0.717) is 5.92 Å². The molecule has 2 unspecified atom stereocenters. The van der Waals surface area contributed by atoms with Crippen molar-refractivity contribution in [2.45, 2.75) is 31.9 Å². The lowest BCUT2D eigenvalue weighted by Gasteiger charge is -2.35. The third kappa shape index (κ3) is 2.67. The average molecular weight is 354 g/mol. The zero-order valence-corrected chi connectivity index (χ0v) is 13.6. The van der Waals surface area contributed by atoms with E-state index in [2.05, 4.69) is 26.1 Å². The van der Waals surface area contributed by atoms with Crippen molar-refractivity contribution in [3.05, 3.63) is 22.2 Å². The molecule has 0 radical (unpaired) electrons. The Balaban J connectivity index is 1.82. The normalized spacial score (nSPS) is 23.9. The highest BCUT2D eigenvalue weighted by Gasteiger charge is 2.30. The van der Waals surface area contributed by atoms with Gasteiger partial charge in [-0.25, -0.2) is 0 Å². The van der Waals surface area contributed by atoms with Crippen molar-refractivity contribution in [1.82, 2.24) is 0 Å². The van der Waals surface area contributed by atoms with E-state index in [1.165, 1.54) is 0 Å². The fourth-order valence-electron chi connectivity index (χ4n) is 3.16. The first-order valence-electron chi connectivity index (χ1n) is 7.30. The molecule has 1 saturated heterocycles. The van der Waals surface area contributed by atoms with Gasteiger partial charge in [-0.05, 0) is 53.7 Å². The Morgan fingerprint density at radius 1 is 1.43 bits per heavy atom. The summed E-state index contributed by atoms with van der Waals surface area (Å²) in [6, 6.07) is 3.35. The van der Waals surface area contributed by atoms with Crippen LogP contribution in [0, 0.1) is 5.92 Å². The minimum atomic E-state index is -0.577. The lowest BCUT2D eigenvalue weighted by molar-refractivity contribution is -0.116. The van der Waals surface area contributed by atoms with Crippen LogP contribution in [-0.4, -0.2) is 30.2 Å². The van der Waals surface area contributed by atoms with Crippen LogP contribution in [0.15, 0.2) is 16.6 Å². The van der Waals surface area contributed by atoms with Gasteiger partial charge in [0.15, 0.2) is 0 Å². The highest BCUT2D eigenvalue weighted by molar-refractivity contribution is 9.10. The summed E-state index contributed by atoms with van der Waals surface area (Å²) in [4.78, 5) is 13.9. The lowest BCUT2D eigenvalue weighted by atomic mass is 9.92. The second kappa shape index (κ2) is 5.59. The summed E-state index contributed by atoms with van der Waals surface area (Å²) < 4.78 is 0.962. The zero-order valence-electron chi connectivity index (χ0n) is 12.0. The van der Waals surface area contributed by atoms with Gasteiger partial charge in [0.25, 0.3) is 0 Å². The van der Waals surface area contributed by atoms with Gasteiger partial charge in [0.1, 0.15) is 6.04 Å². The smallest absolute Gasteiger partial charge is 0.245 e. The van der Waals surface area contributed by atoms with E-state index in [1.807, 2.05) is 19.1 Å². The van der Waals surface area contributed by atoms with Crippen molar-refractivity contribution in [2.75, 3.05) is 23.3 Å². The van der Waals surface area contributed by atoms with Crippen molar-refractivity contribution in [3.63, 3.8) is 0 Å². The monoisotopic (exact) mass is 353 g/mol. The summed E-state index contributed by atoms with van der Waals surface area (Å²) >= 11 is 3.59. The Hall–Kier alpha value is -1.11. The molecule has 4 N–H and O–H groups in total. The molecular formula is C15H20BrN3O2. The van der Waals surface area contributed by atoms with Gasteiger partial charge in [0.05, 0.1) is 11.8 Å². The highest BCUT2D eigenvalue weighted by atomic mass is 79.9. The number of benzene rings is 1. The molecular weight excluding hydrogens is 334 g/mol. The Morgan fingerprint density at radius 3 is 2.71 bits per heavy atom. The van der Waals surface area contributed by atoms with Crippen LogP contribution in [0.25, 0.3) is 0 Å². The number of hydrogen-bond acceptors (Lipinski definition) is 4. The highest BCUT2D eigenvalue weighted by Crippen LogP contribution is 2.39. The predicted molar refractivity (Wildman–Crippen MR) is 86.3 cm³/mol. The molecule has 3 rings (SSSR count). The number of rotatable bonds is 2. The molecule has 1 aromatic carbocycles. The van der Waals surface area contributed by atoms with Gasteiger partial charge in [0, 0.05) is 28.8 Å². The third-order valence-electron chi connectivity index (χ3n) is 4.56. The summed E-state index contributed by atoms with van der Waals surface area (Å²) in [5, 5.41) is 12.5. The van der Waals surface area contributed by atoms with Crippen molar-refractivity contribution in [1.29, 1.82) is 0 Å². The molecule has 21 heavy (non-hydrogen) atoms. The molecule has 1 aromatic rings. The van der Waals surface area contributed by atoms with Crippen molar-refractivity contribution >= 4 is 33.2 Å². The van der Waals surface area contributed by atoms with E-state index >= 15 is 0 Å². The van der Waals surface area contributed by atoms with Crippen molar-refractivity contribution < 1.29 is 9.90 Å². The van der Waals surface area contributed by atoms with Crippen molar-refractivity contribution in [3.8, 4) is 0 Å². The van der Waals surface area contributed by atoms with E-state index in [9.17, 15) is 9.90 Å². The molecule has 114 valence electrons. The quantitative estimate of drug-likeness (QED) is 0.759. The number of carbonyl (C=O) groups excluding carboxylic acids is 1. The van der Waals surface area contributed by atoms with Gasteiger partial charge in [-0.15, -0.1) is 0 Å². The first-order chi connectivity index (χ1) is 9.97. The molecule has 6 heteroatoms. The largest absolute Gasteiger partial charge is 0.393 e. The van der Waals surface area contributed by atoms with Gasteiger partial charge in [-0.1, -0.05) is 0 Å². The van der Waals surface area contributed by atoms with Crippen LogP contribution >= 0.6 is 15.9 Å². The number of nitrogens with zero attached hydrogens (tertiary/aromatic N) is 1. The molecule has 0 aliphatic carbocycles. The maximum Gasteiger partial charge on any atom is 0.245 e. The number of amides is 1. The van der Waals surface area contributed by atoms with Crippen LogP contribution in [0.3, 0.4) is 0 Å². The van der Waals surface area contributed by atoms with Gasteiger partial charge in [-0.3, -0.25) is 4.79 Å². The number of nitrogens with one attached hydrogen (secondary N) is 1. The van der Waals surface area contributed by atoms with E-state index in [-0.39, 0.29) is 12.0 Å². The molecule has 0 saturated carbocycles. The van der Waals surface area contributed by atoms with Crippen LogP contribution in [-0.2, 0) is 4.79 Å². The molecule has 2 atom stereocenters. The minimum Gasteiger partial charge on any atom is -0.393 e. The standard InChI is InChI=1S/C15H20BrN3O2/c1-8(20)9-2-4-19(5-3-9)13-7-12-10(6-11(13)16)14(17)15(21)18-12/h6-9,14,20H,2-5,17H2,1H3,(H,18,21). The van der Waals surface area contributed by atoms with E-state index < -0.39 is 6.04 Å². The Morgan fingerprint density at radius 2 is 2.10 bits per heavy atom. The number of fused-ring (bicyclic) bond motifs is 1. The minimum absolute atomic E-state index is 0.151. The number of aliphatic hydroxyl groups excluding tert-OH is 1. The van der Waals surface area contributed by atoms with E-state index in [1.54, 1.807) is 0 Å². The molecule has 0 aromatic heterocycles. The molecule has 2 aliphatic rings. The van der Waals surface area contributed by atoms with E-state index in [0.717, 1.165) is 47.3 Å². The van der Waals surface area contributed by atoms with Crippen LogP contribution in [0.2, 0.25) is 0 Å². The number of piperidine rings is 1. The molecule has 0 spiro atoms. The van der Waals surface area contributed by atoms with Gasteiger partial charge in [0.2, 0.25) is 5.91 Å². The van der Waals surface area contributed by atoms with Crippen molar-refractivity contribution in [2.24, 2.45) is 11.7 Å². The predicted octanol–water partition coefficient (Wildman–Crippen LogP) is 2.00. The fourth-order valence-corrected chi connectivity index (χ4v) is 3.77. The number of anilines is 2. The van der Waals surface area contributed by atoms with Crippen LogP contribution in [0.4, 0.5) is 11.4 Å². The van der Waals surface area contributed by atoms with Crippen LogP contribution in [0.1, 0.15) is 31.4 Å². The fraction of sp³-hybridized carbons (Fsp3) is 0.533. The van der Waals surface area contributed by atoms with Gasteiger partial charge >= 0.3 is 0 Å². The van der Waals surface area contributed by atoms with Gasteiger partial charge < -0.3 is 21.1 Å². The lowest BCUT2D eigenvalue weighted by Crippen LogP contribution is -2.37. The molecule has 2 heterocycles. The number of nitrogens with two attached hydrogens (primary N) is 1. The number of aliphatic hydroxyl groups is 1. The summed E-state index contributed by atoms with van der Waals surface area (Å²) in [6.07, 6.45) is 1.72. The summed E-state index contributed by atoms with van der Waals surface area (Å²) in [6.45, 7) is 3.68. The zero-order chi connectivity index (χ0) is 15.1. The summed E-state index contributed by atoms with van der Waals surface area (Å²) in [5.74, 6) is 0.226. The SMILES string of the molecule is CC(O)C1CCN(c2cc3c(cc2Br)C(N)C(=O)N3)CC1. The molecule has 1 amide bonds. The average Bonchev–Trinajstić information content (AvgIpc) is 2.73. The first kappa shape index (κ1) is 14.8. The van der Waals surface area contributed by atoms with E-state index in [4.69, 9.17) is 5.73 Å². The molecule has 1 fully saturated rings. The Kier molecular flexibility index (Phi) is 3.94. The van der Waals surface area contributed by atoms with Crippen LogP contribution in [0.5, 0.6) is 0 Å². The number of hydrogen-bond donors (Lipinski definition) is 3. The third-order valence-corrected chi connectivity index (χ3v) is 5.19. The molecule has 5 nitrogen and oxygen atoms in total. The number of halogens is 1. The van der Waals surface area contributed by atoms with Gasteiger partial charge in [-0.2, -0.15) is 0 Å². The Labute approximate surface area is 132 Å². The maximum absolute atomic E-state index is 11.7. The molecule has 2 aliphatic heterocycles. The second-order valence-electron chi connectivity index (χ2n) is 5.92. The maximum atomic E-state index is 11.7.